The molecule has 7 heteroatoms. The predicted octanol–water partition coefficient (Wildman–Crippen LogP) is 5.30. The maximum Gasteiger partial charge on any atom is 0.319 e. The summed E-state index contributed by atoms with van der Waals surface area (Å²) in [5.74, 6) is 0.0551. The molecule has 0 spiro atoms. The van der Waals surface area contributed by atoms with Crippen LogP contribution in [0.15, 0.2) is 10.3 Å². The van der Waals surface area contributed by atoms with Crippen LogP contribution in [0.2, 0.25) is 0 Å². The Bertz CT molecular complexity index is 330. The first kappa shape index (κ1) is 20.3. The van der Waals surface area contributed by atoms with E-state index >= 15 is 0 Å². The molecular formula is C13H24Cl2O4P-. The number of halogens is 2. The molecule has 20 heavy (non-hydrogen) atoms. The second-order valence-corrected chi connectivity index (χ2v) is 7.02. The van der Waals surface area contributed by atoms with E-state index in [1.54, 1.807) is 0 Å². The number of rotatable bonds is 12. The van der Waals surface area contributed by atoms with Gasteiger partial charge in [-0.25, -0.2) is 0 Å². The highest BCUT2D eigenvalue weighted by Crippen LogP contribution is 2.42. The van der Waals surface area contributed by atoms with Crippen molar-refractivity contribution in [2.45, 2.75) is 64.7 Å². The monoisotopic (exact) mass is 345 g/mol. The van der Waals surface area contributed by atoms with Gasteiger partial charge in [-0.15, -0.1) is 0 Å². The van der Waals surface area contributed by atoms with Crippen molar-refractivity contribution >= 4 is 31.0 Å². The third-order valence-corrected chi connectivity index (χ3v) is 4.23. The summed E-state index contributed by atoms with van der Waals surface area (Å²) in [6, 6.07) is 0. The summed E-state index contributed by atoms with van der Waals surface area (Å²) in [5.41, 5.74) is 0. The molecule has 4 nitrogen and oxygen atoms in total. The highest BCUT2D eigenvalue weighted by Gasteiger charge is 2.13. The normalized spacial score (nSPS) is 13.8. The molecule has 1 atom stereocenters. The molecule has 0 fully saturated rings. The molecule has 1 unspecified atom stereocenters. The van der Waals surface area contributed by atoms with Crippen LogP contribution in [0, 0.1) is 0 Å². The highest BCUT2D eigenvalue weighted by atomic mass is 35.5. The van der Waals surface area contributed by atoms with E-state index in [1.165, 1.54) is 32.1 Å². The first-order chi connectivity index (χ1) is 9.43. The lowest BCUT2D eigenvalue weighted by atomic mass is 10.1. The maximum atomic E-state index is 11.2. The molecular weight excluding hydrogens is 322 g/mol. The summed E-state index contributed by atoms with van der Waals surface area (Å²) in [6.07, 6.45) is 9.57. The van der Waals surface area contributed by atoms with E-state index in [0.29, 0.717) is 6.42 Å². The van der Waals surface area contributed by atoms with Crippen LogP contribution in [-0.4, -0.2) is 7.11 Å². The molecule has 0 rings (SSSR count). The molecule has 0 aliphatic rings. The van der Waals surface area contributed by atoms with Gasteiger partial charge in [0.1, 0.15) is 10.3 Å². The lowest BCUT2D eigenvalue weighted by Gasteiger charge is -2.23. The van der Waals surface area contributed by atoms with E-state index in [0.717, 1.165) is 26.4 Å². The molecule has 0 aliphatic carbocycles. The Morgan fingerprint density at radius 1 is 1.05 bits per heavy atom. The van der Waals surface area contributed by atoms with Crippen molar-refractivity contribution in [3.63, 3.8) is 0 Å². The van der Waals surface area contributed by atoms with Gasteiger partial charge in [0.05, 0.1) is 0 Å². The fourth-order valence-electron chi connectivity index (χ4n) is 1.77. The number of hydrogen-bond acceptors (Lipinski definition) is 4. The van der Waals surface area contributed by atoms with E-state index in [-0.39, 0.29) is 10.3 Å². The van der Waals surface area contributed by atoms with Gasteiger partial charge in [-0.2, -0.15) is 0 Å². The Morgan fingerprint density at radius 2 is 1.55 bits per heavy atom. The first-order valence-corrected chi connectivity index (χ1v) is 9.25. The third-order valence-electron chi connectivity index (χ3n) is 2.91. The zero-order valence-corrected chi connectivity index (χ0v) is 14.6. The quantitative estimate of drug-likeness (QED) is 0.273. The van der Waals surface area contributed by atoms with Crippen LogP contribution in [0.1, 0.15) is 64.7 Å². The van der Waals surface area contributed by atoms with Gasteiger partial charge in [-0.3, -0.25) is 4.57 Å². The van der Waals surface area contributed by atoms with Gasteiger partial charge in [-0.05, 0) is 6.42 Å². The van der Waals surface area contributed by atoms with Crippen LogP contribution >= 0.6 is 31.0 Å². The van der Waals surface area contributed by atoms with Crippen molar-refractivity contribution in [3.05, 3.63) is 10.3 Å². The number of phosphoric ester groups is 1. The van der Waals surface area contributed by atoms with Crippen LogP contribution in [0.25, 0.3) is 0 Å². The fraction of sp³-hybridized carbons (Fsp3) is 0.846. The van der Waals surface area contributed by atoms with Gasteiger partial charge in [0.25, 0.3) is 0 Å². The van der Waals surface area contributed by atoms with Gasteiger partial charge in [-0.1, -0.05) is 75.1 Å². The number of unbranched alkanes of at least 4 members (excludes halogenated alkanes) is 7. The van der Waals surface area contributed by atoms with E-state index in [9.17, 15) is 9.46 Å². The minimum absolute atomic E-state index is 0.0551. The molecule has 0 aliphatic heterocycles. The molecule has 0 radical (unpaired) electrons. The second-order valence-electron chi connectivity index (χ2n) is 4.63. The van der Waals surface area contributed by atoms with Crippen molar-refractivity contribution < 1.29 is 18.5 Å². The standard InChI is InChI=1S/C13H25Cl2O4P/c1-3-4-5-6-7-8-9-10-11-12(13(14)15)19-20(16,17)18-2/h3-11H2,1-2H3,(H,16,17)/p-1. The van der Waals surface area contributed by atoms with Gasteiger partial charge in [0.2, 0.25) is 0 Å². The van der Waals surface area contributed by atoms with Crippen molar-refractivity contribution in [1.29, 1.82) is 0 Å². The van der Waals surface area contributed by atoms with E-state index < -0.39 is 7.82 Å². The zero-order chi connectivity index (χ0) is 15.4. The molecule has 0 saturated carbocycles. The maximum absolute atomic E-state index is 11.2. The summed E-state index contributed by atoms with van der Waals surface area (Å²) in [6.45, 7) is 2.19. The average molecular weight is 346 g/mol. The van der Waals surface area contributed by atoms with E-state index in [4.69, 9.17) is 27.7 Å². The second kappa shape index (κ2) is 11.9. The molecule has 0 amide bonds. The van der Waals surface area contributed by atoms with Crippen LogP contribution in [0.3, 0.4) is 0 Å². The number of hydrogen-bond donors (Lipinski definition) is 0. The lowest BCUT2D eigenvalue weighted by Crippen LogP contribution is -2.06. The topological polar surface area (TPSA) is 58.6 Å². The SMILES string of the molecule is CCCCCCCCCCC(OP(=O)([O-])OC)=C(Cl)Cl. The van der Waals surface area contributed by atoms with Gasteiger partial charge < -0.3 is 13.9 Å². The Balaban J connectivity index is 3.85. The Labute approximate surface area is 132 Å². The molecule has 0 aromatic heterocycles. The van der Waals surface area contributed by atoms with Crippen LogP contribution in [0.4, 0.5) is 0 Å². The summed E-state index contributed by atoms with van der Waals surface area (Å²) in [4.78, 5) is 11.2. The Hall–Kier alpha value is 0.270. The van der Waals surface area contributed by atoms with Crippen molar-refractivity contribution in [1.82, 2.24) is 0 Å². The molecule has 0 bridgehead atoms. The highest BCUT2D eigenvalue weighted by molar-refractivity contribution is 7.46. The van der Waals surface area contributed by atoms with Gasteiger partial charge in [0, 0.05) is 13.5 Å². The summed E-state index contributed by atoms with van der Waals surface area (Å²) < 4.78 is 19.9. The smallest absolute Gasteiger partial charge is 0.319 e. The fourth-order valence-corrected chi connectivity index (χ4v) is 2.67. The molecule has 120 valence electrons. The van der Waals surface area contributed by atoms with E-state index in [1.807, 2.05) is 0 Å². The molecule has 0 heterocycles. The lowest BCUT2D eigenvalue weighted by molar-refractivity contribution is -0.219. The van der Waals surface area contributed by atoms with Crippen molar-refractivity contribution in [3.8, 4) is 0 Å². The number of allylic oxidation sites excluding steroid dienone is 1. The van der Waals surface area contributed by atoms with Gasteiger partial charge in [0.15, 0.2) is 0 Å². The zero-order valence-electron chi connectivity index (χ0n) is 12.2. The van der Waals surface area contributed by atoms with Gasteiger partial charge >= 0.3 is 7.82 Å². The average Bonchev–Trinajstić information content (AvgIpc) is 2.40. The van der Waals surface area contributed by atoms with Crippen LogP contribution < -0.4 is 4.89 Å². The minimum Gasteiger partial charge on any atom is -0.746 e. The molecule has 0 saturated heterocycles. The van der Waals surface area contributed by atoms with Crippen LogP contribution in [0.5, 0.6) is 0 Å². The van der Waals surface area contributed by atoms with Crippen molar-refractivity contribution in [2.24, 2.45) is 0 Å². The largest absolute Gasteiger partial charge is 0.746 e. The molecule has 0 aromatic rings. The third kappa shape index (κ3) is 11.0. The molecule has 0 aromatic carbocycles. The predicted molar refractivity (Wildman–Crippen MR) is 81.7 cm³/mol. The number of phosphoric acid groups is 1. The Morgan fingerprint density at radius 3 is 2.00 bits per heavy atom. The summed E-state index contributed by atoms with van der Waals surface area (Å²) >= 11 is 11.2. The van der Waals surface area contributed by atoms with E-state index in [2.05, 4.69) is 11.4 Å². The molecule has 0 N–H and O–H groups in total. The summed E-state index contributed by atoms with van der Waals surface area (Å²) in [5, 5.41) is 0. The van der Waals surface area contributed by atoms with Crippen molar-refractivity contribution in [2.75, 3.05) is 7.11 Å². The Kier molecular flexibility index (Phi) is 12.0. The van der Waals surface area contributed by atoms with Crippen LogP contribution in [-0.2, 0) is 13.6 Å². The first-order valence-electron chi connectivity index (χ1n) is 7.03. The minimum atomic E-state index is -4.33. The summed E-state index contributed by atoms with van der Waals surface area (Å²) in [7, 11) is -3.30.